The average Bonchev–Trinajstić information content (AvgIpc) is 3.39. The minimum absolute atomic E-state index is 0.761. The molecular weight excluding hydrogens is 350 g/mol. The Hall–Kier alpha value is -0.950. The highest BCUT2D eigenvalue weighted by Gasteiger charge is 2.27. The van der Waals surface area contributed by atoms with E-state index in [1.54, 1.807) is 7.11 Å². The largest absolute Gasteiger partial charge is 0.383 e. The van der Waals surface area contributed by atoms with Crippen LogP contribution in [0.4, 0.5) is 0 Å². The SMILES string of the molecule is CCN1CCCC1CN(CCCn1cccn1)CC1CCN(CCOC)CC1. The molecule has 2 saturated heterocycles. The molecule has 0 radical (unpaired) electrons. The van der Waals surface area contributed by atoms with Gasteiger partial charge in [-0.25, -0.2) is 0 Å². The van der Waals surface area contributed by atoms with Crippen molar-refractivity contribution in [1.29, 1.82) is 0 Å². The Balaban J connectivity index is 1.47. The van der Waals surface area contributed by atoms with E-state index in [-0.39, 0.29) is 0 Å². The monoisotopic (exact) mass is 391 g/mol. The van der Waals surface area contributed by atoms with Crippen LogP contribution in [0.3, 0.4) is 0 Å². The van der Waals surface area contributed by atoms with Crippen LogP contribution in [0.5, 0.6) is 0 Å². The molecule has 0 spiro atoms. The van der Waals surface area contributed by atoms with Crippen LogP contribution in [0.15, 0.2) is 18.5 Å². The average molecular weight is 392 g/mol. The number of nitrogens with zero attached hydrogens (tertiary/aromatic N) is 5. The van der Waals surface area contributed by atoms with Crippen LogP contribution >= 0.6 is 0 Å². The smallest absolute Gasteiger partial charge is 0.0589 e. The first-order valence-electron chi connectivity index (χ1n) is 11.4. The fourth-order valence-corrected chi connectivity index (χ4v) is 4.94. The summed E-state index contributed by atoms with van der Waals surface area (Å²) in [5.74, 6) is 0.847. The first-order chi connectivity index (χ1) is 13.8. The molecule has 2 aliphatic heterocycles. The maximum Gasteiger partial charge on any atom is 0.0589 e. The van der Waals surface area contributed by atoms with Crippen LogP contribution in [0.2, 0.25) is 0 Å². The molecule has 1 aromatic rings. The summed E-state index contributed by atoms with van der Waals surface area (Å²) in [4.78, 5) is 8.03. The molecule has 2 fully saturated rings. The van der Waals surface area contributed by atoms with Crippen molar-refractivity contribution in [3.63, 3.8) is 0 Å². The Morgan fingerprint density at radius 1 is 1.11 bits per heavy atom. The van der Waals surface area contributed by atoms with Crippen LogP contribution in [0.25, 0.3) is 0 Å². The number of piperidine rings is 1. The van der Waals surface area contributed by atoms with Gasteiger partial charge in [0.2, 0.25) is 0 Å². The minimum Gasteiger partial charge on any atom is -0.383 e. The Morgan fingerprint density at radius 2 is 1.96 bits per heavy atom. The zero-order valence-corrected chi connectivity index (χ0v) is 18.1. The number of hydrogen-bond donors (Lipinski definition) is 0. The first kappa shape index (κ1) is 21.8. The molecule has 6 nitrogen and oxygen atoms in total. The fourth-order valence-electron chi connectivity index (χ4n) is 4.94. The zero-order valence-electron chi connectivity index (χ0n) is 18.1. The number of hydrogen-bond acceptors (Lipinski definition) is 5. The second kappa shape index (κ2) is 11.9. The van der Waals surface area contributed by atoms with Crippen LogP contribution in [-0.4, -0.2) is 96.6 Å². The number of aromatic nitrogens is 2. The van der Waals surface area contributed by atoms with E-state index in [4.69, 9.17) is 4.74 Å². The molecule has 0 amide bonds. The van der Waals surface area contributed by atoms with E-state index in [1.165, 1.54) is 77.9 Å². The second-order valence-corrected chi connectivity index (χ2v) is 8.58. The predicted octanol–water partition coefficient (Wildman–Crippen LogP) is 2.42. The van der Waals surface area contributed by atoms with Crippen molar-refractivity contribution < 1.29 is 4.74 Å². The third-order valence-corrected chi connectivity index (χ3v) is 6.63. The number of likely N-dealkylation sites (tertiary alicyclic amines) is 2. The highest BCUT2D eigenvalue weighted by atomic mass is 16.5. The second-order valence-electron chi connectivity index (χ2n) is 8.58. The van der Waals surface area contributed by atoms with Crippen molar-refractivity contribution in [3.05, 3.63) is 18.5 Å². The van der Waals surface area contributed by atoms with Gasteiger partial charge in [0.1, 0.15) is 0 Å². The Morgan fingerprint density at radius 3 is 2.68 bits per heavy atom. The van der Waals surface area contributed by atoms with Gasteiger partial charge < -0.3 is 14.5 Å². The molecule has 160 valence electrons. The molecule has 1 unspecified atom stereocenters. The van der Waals surface area contributed by atoms with Gasteiger partial charge in [-0.05, 0) is 76.8 Å². The minimum atomic E-state index is 0.761. The van der Waals surface area contributed by atoms with Crippen LogP contribution in [-0.2, 0) is 11.3 Å². The summed E-state index contributed by atoms with van der Waals surface area (Å²) in [6.07, 6.45) is 10.6. The van der Waals surface area contributed by atoms with Gasteiger partial charge in [-0.2, -0.15) is 5.10 Å². The standard InChI is InChI=1S/C22H41N5O/c1-3-26-12-4-7-22(26)20-25(11-6-14-27-13-5-10-23-27)19-21-8-15-24(16-9-21)17-18-28-2/h5,10,13,21-22H,3-4,6-9,11-12,14-20H2,1-2H3. The van der Waals surface area contributed by atoms with Gasteiger partial charge in [0.25, 0.3) is 0 Å². The van der Waals surface area contributed by atoms with Crippen LogP contribution in [0.1, 0.15) is 39.0 Å². The third kappa shape index (κ3) is 6.83. The molecule has 6 heteroatoms. The van der Waals surface area contributed by atoms with Crippen molar-refractivity contribution in [3.8, 4) is 0 Å². The summed E-state index contributed by atoms with van der Waals surface area (Å²) in [5, 5.41) is 4.36. The molecule has 28 heavy (non-hydrogen) atoms. The molecule has 3 heterocycles. The van der Waals surface area contributed by atoms with Gasteiger partial charge in [0.15, 0.2) is 0 Å². The molecular formula is C22H41N5O. The first-order valence-corrected chi connectivity index (χ1v) is 11.4. The molecule has 0 aliphatic carbocycles. The number of methoxy groups -OCH3 is 1. The van der Waals surface area contributed by atoms with Crippen molar-refractivity contribution in [2.75, 3.05) is 66.1 Å². The summed E-state index contributed by atoms with van der Waals surface area (Å²) in [5.41, 5.74) is 0. The lowest BCUT2D eigenvalue weighted by molar-refractivity contribution is 0.0978. The van der Waals surface area contributed by atoms with Crippen LogP contribution < -0.4 is 0 Å². The molecule has 3 rings (SSSR count). The number of likely N-dealkylation sites (N-methyl/N-ethyl adjacent to an activating group) is 1. The van der Waals surface area contributed by atoms with E-state index < -0.39 is 0 Å². The molecule has 1 atom stereocenters. The van der Waals surface area contributed by atoms with Crippen molar-refractivity contribution >= 4 is 0 Å². The summed E-state index contributed by atoms with van der Waals surface area (Å²) in [6.45, 7) is 14.0. The lowest BCUT2D eigenvalue weighted by atomic mass is 9.95. The van der Waals surface area contributed by atoms with E-state index >= 15 is 0 Å². The summed E-state index contributed by atoms with van der Waals surface area (Å²) in [7, 11) is 1.80. The molecule has 0 bridgehead atoms. The third-order valence-electron chi connectivity index (χ3n) is 6.63. The maximum atomic E-state index is 5.24. The van der Waals surface area contributed by atoms with E-state index in [0.717, 1.165) is 31.7 Å². The number of aryl methyl sites for hydroxylation is 1. The summed E-state index contributed by atoms with van der Waals surface area (Å²) < 4.78 is 7.31. The summed E-state index contributed by atoms with van der Waals surface area (Å²) >= 11 is 0. The van der Waals surface area contributed by atoms with Crippen molar-refractivity contribution in [1.82, 2.24) is 24.5 Å². The lowest BCUT2D eigenvalue weighted by Gasteiger charge is -2.36. The van der Waals surface area contributed by atoms with Gasteiger partial charge >= 0.3 is 0 Å². The van der Waals surface area contributed by atoms with Crippen molar-refractivity contribution in [2.45, 2.75) is 51.6 Å². The van der Waals surface area contributed by atoms with E-state index in [0.29, 0.717) is 0 Å². The van der Waals surface area contributed by atoms with Gasteiger partial charge in [-0.3, -0.25) is 9.58 Å². The fraction of sp³-hybridized carbons (Fsp3) is 0.864. The molecule has 0 aromatic carbocycles. The lowest BCUT2D eigenvalue weighted by Crippen LogP contribution is -2.45. The van der Waals surface area contributed by atoms with E-state index in [1.807, 2.05) is 12.3 Å². The normalized spacial score (nSPS) is 22.5. The Kier molecular flexibility index (Phi) is 9.25. The highest BCUT2D eigenvalue weighted by Crippen LogP contribution is 2.22. The Labute approximate surface area is 171 Å². The number of rotatable bonds is 12. The van der Waals surface area contributed by atoms with Gasteiger partial charge in [0, 0.05) is 51.7 Å². The van der Waals surface area contributed by atoms with Crippen molar-refractivity contribution in [2.24, 2.45) is 5.92 Å². The van der Waals surface area contributed by atoms with Gasteiger partial charge in [0.05, 0.1) is 6.61 Å². The number of ether oxygens (including phenoxy) is 1. The Bertz CT molecular complexity index is 515. The molecule has 1 aromatic heterocycles. The topological polar surface area (TPSA) is 36.8 Å². The van der Waals surface area contributed by atoms with E-state index in [2.05, 4.69) is 37.6 Å². The quantitative estimate of drug-likeness (QED) is 0.547. The molecule has 0 saturated carbocycles. The van der Waals surface area contributed by atoms with Crippen LogP contribution in [0, 0.1) is 5.92 Å². The van der Waals surface area contributed by atoms with E-state index in [9.17, 15) is 0 Å². The predicted molar refractivity (Wildman–Crippen MR) is 115 cm³/mol. The molecule has 0 N–H and O–H groups in total. The molecule has 2 aliphatic rings. The maximum absolute atomic E-state index is 5.24. The van der Waals surface area contributed by atoms with Gasteiger partial charge in [-0.1, -0.05) is 6.92 Å². The highest BCUT2D eigenvalue weighted by molar-refractivity contribution is 4.83. The summed E-state index contributed by atoms with van der Waals surface area (Å²) in [6, 6.07) is 2.78. The zero-order chi connectivity index (χ0) is 19.6. The van der Waals surface area contributed by atoms with Gasteiger partial charge in [-0.15, -0.1) is 0 Å².